The van der Waals surface area contributed by atoms with E-state index in [1.165, 1.54) is 15.6 Å². The number of nitrogens with zero attached hydrogens (tertiary/aromatic N) is 2. The molecule has 0 saturated heterocycles. The zero-order chi connectivity index (χ0) is 20.4. The second-order valence-electron chi connectivity index (χ2n) is 6.23. The molecule has 7 nitrogen and oxygen atoms in total. The summed E-state index contributed by atoms with van der Waals surface area (Å²) in [5.74, 6) is 1.22. The highest BCUT2D eigenvalue weighted by molar-refractivity contribution is 9.10. The Bertz CT molecular complexity index is 1100. The third kappa shape index (κ3) is 4.05. The Morgan fingerprint density at radius 2 is 2.10 bits per heavy atom. The van der Waals surface area contributed by atoms with Crippen LogP contribution in [0.5, 0.6) is 11.5 Å². The van der Waals surface area contributed by atoms with E-state index in [9.17, 15) is 8.42 Å². The number of anilines is 2. The molecule has 0 aliphatic carbocycles. The van der Waals surface area contributed by atoms with E-state index in [4.69, 9.17) is 9.47 Å². The van der Waals surface area contributed by atoms with Crippen molar-refractivity contribution in [2.75, 3.05) is 29.9 Å². The Balaban J connectivity index is 1.75. The van der Waals surface area contributed by atoms with E-state index in [0.29, 0.717) is 34.3 Å². The van der Waals surface area contributed by atoms with Gasteiger partial charge in [0, 0.05) is 28.7 Å². The van der Waals surface area contributed by atoms with Crippen molar-refractivity contribution in [1.82, 2.24) is 4.98 Å². The van der Waals surface area contributed by atoms with Gasteiger partial charge < -0.3 is 14.8 Å². The summed E-state index contributed by atoms with van der Waals surface area (Å²) in [5, 5.41) is 5.35. The van der Waals surface area contributed by atoms with Crippen molar-refractivity contribution in [3.05, 3.63) is 58.0 Å². The predicted octanol–water partition coefficient (Wildman–Crippen LogP) is 4.11. The van der Waals surface area contributed by atoms with E-state index in [1.54, 1.807) is 43.0 Å². The van der Waals surface area contributed by atoms with Crippen LogP contribution in [0.2, 0.25) is 0 Å². The number of sulfonamides is 1. The number of hydrogen-bond donors (Lipinski definition) is 1. The fraction of sp³-hybridized carbons (Fsp3) is 0.211. The molecule has 1 aromatic heterocycles. The van der Waals surface area contributed by atoms with Gasteiger partial charge in [-0.2, -0.15) is 0 Å². The number of ether oxygens (including phenoxy) is 2. The van der Waals surface area contributed by atoms with Gasteiger partial charge in [0.2, 0.25) is 0 Å². The quantitative estimate of drug-likeness (QED) is 0.553. The van der Waals surface area contributed by atoms with Gasteiger partial charge in [0.15, 0.2) is 5.13 Å². The fourth-order valence-electron chi connectivity index (χ4n) is 2.95. The van der Waals surface area contributed by atoms with Crippen molar-refractivity contribution in [2.24, 2.45) is 0 Å². The zero-order valence-corrected chi connectivity index (χ0v) is 18.7. The van der Waals surface area contributed by atoms with Gasteiger partial charge in [0.1, 0.15) is 23.0 Å². The number of nitrogens with one attached hydrogen (secondary N) is 1. The van der Waals surface area contributed by atoms with Crippen molar-refractivity contribution in [3.63, 3.8) is 0 Å². The standard InChI is InChI=1S/C19H18BrN3O4S2/c1-26-14-4-2-13(3-5-14)12-23(19-22-7-9-28-19)29(24,25)18-11-17-16(10-15(18)20)21-6-8-27-17/h2-5,7,9-11,21H,6,8,12H2,1H3. The molecule has 2 heterocycles. The van der Waals surface area contributed by atoms with Crippen LogP contribution in [0.3, 0.4) is 0 Å². The van der Waals surface area contributed by atoms with E-state index in [-0.39, 0.29) is 11.4 Å². The maximum atomic E-state index is 13.6. The third-order valence-corrected chi connectivity index (χ3v) is 8.00. The number of methoxy groups -OCH3 is 1. The molecule has 29 heavy (non-hydrogen) atoms. The van der Waals surface area contributed by atoms with Crippen LogP contribution in [0.15, 0.2) is 57.3 Å². The Labute approximate surface area is 181 Å². The van der Waals surface area contributed by atoms with Gasteiger partial charge in [-0.05, 0) is 39.7 Å². The lowest BCUT2D eigenvalue weighted by Crippen LogP contribution is -2.31. The summed E-state index contributed by atoms with van der Waals surface area (Å²) >= 11 is 4.68. The summed E-state index contributed by atoms with van der Waals surface area (Å²) in [6.45, 7) is 1.30. The van der Waals surface area contributed by atoms with Gasteiger partial charge in [0.25, 0.3) is 10.0 Å². The van der Waals surface area contributed by atoms with E-state index >= 15 is 0 Å². The average molecular weight is 496 g/mol. The molecule has 0 fully saturated rings. The maximum absolute atomic E-state index is 13.6. The largest absolute Gasteiger partial charge is 0.497 e. The number of fused-ring (bicyclic) bond motifs is 1. The molecule has 0 amide bonds. The van der Waals surface area contributed by atoms with Crippen molar-refractivity contribution in [1.29, 1.82) is 0 Å². The highest BCUT2D eigenvalue weighted by atomic mass is 79.9. The lowest BCUT2D eigenvalue weighted by atomic mass is 10.2. The molecule has 0 unspecified atom stereocenters. The molecule has 0 atom stereocenters. The first-order valence-electron chi connectivity index (χ1n) is 8.74. The summed E-state index contributed by atoms with van der Waals surface area (Å²) in [6, 6.07) is 10.6. The van der Waals surface area contributed by atoms with Crippen molar-refractivity contribution >= 4 is 48.1 Å². The molecule has 0 saturated carbocycles. The van der Waals surface area contributed by atoms with E-state index < -0.39 is 10.0 Å². The number of rotatable bonds is 6. The SMILES string of the molecule is COc1ccc(CN(c2nccs2)S(=O)(=O)c2cc3c(cc2Br)NCCO3)cc1. The molecule has 4 rings (SSSR count). The zero-order valence-electron chi connectivity index (χ0n) is 15.5. The number of hydrogen-bond acceptors (Lipinski definition) is 7. The summed E-state index contributed by atoms with van der Waals surface area (Å²) in [5.41, 5.74) is 1.58. The maximum Gasteiger partial charge on any atom is 0.267 e. The topological polar surface area (TPSA) is 80.8 Å². The molecule has 10 heteroatoms. The van der Waals surface area contributed by atoms with Crippen LogP contribution < -0.4 is 19.1 Å². The highest BCUT2D eigenvalue weighted by Gasteiger charge is 2.30. The minimum Gasteiger partial charge on any atom is -0.497 e. The number of thiazole rings is 1. The average Bonchev–Trinajstić information content (AvgIpc) is 3.26. The summed E-state index contributed by atoms with van der Waals surface area (Å²) in [4.78, 5) is 4.37. The highest BCUT2D eigenvalue weighted by Crippen LogP contribution is 2.38. The number of halogens is 1. The monoisotopic (exact) mass is 495 g/mol. The Hall–Kier alpha value is -2.30. The molecule has 0 radical (unpaired) electrons. The first-order chi connectivity index (χ1) is 14.0. The first-order valence-corrected chi connectivity index (χ1v) is 11.9. The van der Waals surface area contributed by atoms with Crippen LogP contribution in [-0.4, -0.2) is 33.7 Å². The Kier molecular flexibility index (Phi) is 5.66. The fourth-order valence-corrected chi connectivity index (χ4v) is 6.24. The van der Waals surface area contributed by atoms with Gasteiger partial charge in [-0.15, -0.1) is 11.3 Å². The molecule has 0 bridgehead atoms. The summed E-state index contributed by atoms with van der Waals surface area (Å²) < 4.78 is 39.8. The molecule has 3 aromatic rings. The minimum absolute atomic E-state index is 0.128. The second-order valence-corrected chi connectivity index (χ2v) is 9.79. The number of benzene rings is 2. The third-order valence-electron chi connectivity index (χ3n) is 4.40. The van der Waals surface area contributed by atoms with Crippen LogP contribution in [0.1, 0.15) is 5.56 Å². The summed E-state index contributed by atoms with van der Waals surface area (Å²) in [6.07, 6.45) is 1.59. The summed E-state index contributed by atoms with van der Waals surface area (Å²) in [7, 11) is -2.32. The molecule has 1 aliphatic rings. The van der Waals surface area contributed by atoms with Crippen LogP contribution in [0, 0.1) is 0 Å². The van der Waals surface area contributed by atoms with Crippen LogP contribution >= 0.6 is 27.3 Å². The smallest absolute Gasteiger partial charge is 0.267 e. The van der Waals surface area contributed by atoms with Crippen molar-refractivity contribution in [2.45, 2.75) is 11.4 Å². The van der Waals surface area contributed by atoms with E-state index in [1.807, 2.05) is 12.1 Å². The Morgan fingerprint density at radius 3 is 2.79 bits per heavy atom. The van der Waals surface area contributed by atoms with Crippen LogP contribution in [-0.2, 0) is 16.6 Å². The van der Waals surface area contributed by atoms with Gasteiger partial charge in [-0.25, -0.2) is 17.7 Å². The Morgan fingerprint density at radius 1 is 1.31 bits per heavy atom. The van der Waals surface area contributed by atoms with Gasteiger partial charge in [-0.1, -0.05) is 12.1 Å². The lowest BCUT2D eigenvalue weighted by molar-refractivity contribution is 0.322. The van der Waals surface area contributed by atoms with Crippen molar-refractivity contribution in [3.8, 4) is 11.5 Å². The molecule has 2 aromatic carbocycles. The predicted molar refractivity (Wildman–Crippen MR) is 117 cm³/mol. The van der Waals surface area contributed by atoms with Gasteiger partial charge in [0.05, 0.1) is 19.3 Å². The van der Waals surface area contributed by atoms with Gasteiger partial charge in [-0.3, -0.25) is 0 Å². The minimum atomic E-state index is -3.91. The molecule has 152 valence electrons. The molecular formula is C19H18BrN3O4S2. The molecule has 1 aliphatic heterocycles. The van der Waals surface area contributed by atoms with Crippen molar-refractivity contribution < 1.29 is 17.9 Å². The second kappa shape index (κ2) is 8.21. The number of aromatic nitrogens is 1. The van der Waals surface area contributed by atoms with Crippen LogP contribution in [0.25, 0.3) is 0 Å². The van der Waals surface area contributed by atoms with Crippen LogP contribution in [0.4, 0.5) is 10.8 Å². The van der Waals surface area contributed by atoms with Gasteiger partial charge >= 0.3 is 0 Å². The van der Waals surface area contributed by atoms with E-state index in [0.717, 1.165) is 11.3 Å². The molecule has 0 spiro atoms. The lowest BCUT2D eigenvalue weighted by Gasteiger charge is -2.25. The normalized spacial score (nSPS) is 13.2. The van der Waals surface area contributed by atoms with E-state index in [2.05, 4.69) is 26.2 Å². The molecular weight excluding hydrogens is 478 g/mol. The first kappa shape index (κ1) is 20.0. The molecule has 1 N–H and O–H groups in total.